The van der Waals surface area contributed by atoms with Crippen molar-refractivity contribution in [1.29, 1.82) is 0 Å². The topological polar surface area (TPSA) is 51.2 Å². The molecular weight excluding hydrogens is 435 g/mol. The van der Waals surface area contributed by atoms with Gasteiger partial charge in [0.05, 0.1) is 26.5 Å². The first-order valence-electron chi connectivity index (χ1n) is 7.60. The summed E-state index contributed by atoms with van der Waals surface area (Å²) in [6.45, 7) is 0.381. The molecule has 3 rings (SSSR count). The number of carbonyl (C=O) groups excluding carboxylic acids is 1. The summed E-state index contributed by atoms with van der Waals surface area (Å²) in [6.07, 6.45) is 0.883. The molecule has 1 N–H and O–H groups in total. The predicted molar refractivity (Wildman–Crippen MR) is 110 cm³/mol. The van der Waals surface area contributed by atoms with Gasteiger partial charge in [0.25, 0.3) is 0 Å². The van der Waals surface area contributed by atoms with Crippen LogP contribution in [-0.2, 0) is 4.79 Å². The number of thiophene rings is 1. The lowest BCUT2D eigenvalue weighted by molar-refractivity contribution is -0.116. The molecule has 2 aromatic heterocycles. The third-order valence-corrected chi connectivity index (χ3v) is 5.82. The molecule has 1 aromatic carbocycles. The highest BCUT2D eigenvalue weighted by molar-refractivity contribution is 7.20. The van der Waals surface area contributed by atoms with Crippen molar-refractivity contribution in [1.82, 2.24) is 4.98 Å². The van der Waals surface area contributed by atoms with Crippen LogP contribution >= 0.6 is 57.5 Å². The van der Waals surface area contributed by atoms with Gasteiger partial charge in [-0.05, 0) is 36.8 Å². The van der Waals surface area contributed by atoms with Gasteiger partial charge >= 0.3 is 0 Å². The van der Waals surface area contributed by atoms with Gasteiger partial charge in [0, 0.05) is 16.8 Å². The Bertz CT molecular complexity index is 911. The predicted octanol–water partition coefficient (Wildman–Crippen LogP) is 6.63. The Labute approximate surface area is 173 Å². The molecule has 0 unspecified atom stereocenters. The van der Waals surface area contributed by atoms with E-state index in [-0.39, 0.29) is 5.91 Å². The van der Waals surface area contributed by atoms with Crippen LogP contribution in [0.1, 0.15) is 12.8 Å². The Morgan fingerprint density at radius 1 is 1.19 bits per heavy atom. The zero-order chi connectivity index (χ0) is 18.5. The highest BCUT2D eigenvalue weighted by atomic mass is 35.5. The van der Waals surface area contributed by atoms with Crippen LogP contribution in [0.2, 0.25) is 14.4 Å². The number of hydrogen-bond acceptors (Lipinski definition) is 5. The molecule has 0 bridgehead atoms. The smallest absolute Gasteiger partial charge is 0.226 e. The van der Waals surface area contributed by atoms with Crippen molar-refractivity contribution in [3.8, 4) is 16.3 Å². The zero-order valence-corrected chi connectivity index (χ0v) is 17.2. The first-order chi connectivity index (χ1) is 12.5. The summed E-state index contributed by atoms with van der Waals surface area (Å²) in [7, 11) is 0. The Morgan fingerprint density at radius 2 is 2.04 bits per heavy atom. The van der Waals surface area contributed by atoms with Gasteiger partial charge < -0.3 is 10.1 Å². The van der Waals surface area contributed by atoms with E-state index >= 15 is 0 Å². The third-order valence-electron chi connectivity index (χ3n) is 3.28. The zero-order valence-electron chi connectivity index (χ0n) is 13.3. The third kappa shape index (κ3) is 5.34. The first-order valence-corrected chi connectivity index (χ1v) is 10.4. The summed E-state index contributed by atoms with van der Waals surface area (Å²) in [4.78, 5) is 17.4. The Balaban J connectivity index is 1.44. The van der Waals surface area contributed by atoms with Crippen molar-refractivity contribution in [2.24, 2.45) is 0 Å². The number of nitrogens with zero attached hydrogens (tertiary/aromatic N) is 1. The second-order valence-corrected chi connectivity index (χ2v) is 8.63. The van der Waals surface area contributed by atoms with E-state index in [2.05, 4.69) is 10.3 Å². The van der Waals surface area contributed by atoms with E-state index in [1.807, 2.05) is 17.5 Å². The molecular formula is C17H13Cl3N2O2S2. The normalized spacial score (nSPS) is 10.7. The standard InChI is InChI=1S/C17H13Cl3N2O2S2/c18-10-3-4-13(11(19)8-10)24-7-1-2-16(23)22-17-21-12(9-25-17)14-5-6-15(20)26-14/h3-6,8-9H,1-2,7H2,(H,21,22,23). The van der Waals surface area contributed by atoms with Crippen molar-refractivity contribution >= 4 is 68.5 Å². The Kier molecular flexibility index (Phi) is 6.78. The average Bonchev–Trinajstić information content (AvgIpc) is 3.22. The summed E-state index contributed by atoms with van der Waals surface area (Å²) in [5.74, 6) is 0.441. The number of carbonyl (C=O) groups is 1. The van der Waals surface area contributed by atoms with Crippen molar-refractivity contribution in [3.05, 3.63) is 50.1 Å². The number of anilines is 1. The molecule has 0 aliphatic heterocycles. The van der Waals surface area contributed by atoms with E-state index in [0.717, 1.165) is 10.6 Å². The molecule has 0 saturated carbocycles. The number of halogens is 3. The molecule has 9 heteroatoms. The molecule has 0 atom stereocenters. The monoisotopic (exact) mass is 446 g/mol. The van der Waals surface area contributed by atoms with E-state index in [1.54, 1.807) is 18.2 Å². The second kappa shape index (κ2) is 9.06. The summed E-state index contributed by atoms with van der Waals surface area (Å²) < 4.78 is 6.27. The van der Waals surface area contributed by atoms with Gasteiger partial charge in [-0.15, -0.1) is 22.7 Å². The average molecular weight is 448 g/mol. The quantitative estimate of drug-likeness (QED) is 0.413. The lowest BCUT2D eigenvalue weighted by atomic mass is 10.3. The summed E-state index contributed by atoms with van der Waals surface area (Å²) in [6, 6.07) is 8.76. The molecule has 3 aromatic rings. The highest BCUT2D eigenvalue weighted by Gasteiger charge is 2.10. The Hall–Kier alpha value is -1.31. The van der Waals surface area contributed by atoms with Crippen LogP contribution in [0.25, 0.3) is 10.6 Å². The van der Waals surface area contributed by atoms with Crippen LogP contribution in [0, 0.1) is 0 Å². The minimum Gasteiger partial charge on any atom is -0.492 e. The summed E-state index contributed by atoms with van der Waals surface area (Å²) in [5, 5.41) is 6.26. The lowest BCUT2D eigenvalue weighted by Crippen LogP contribution is -2.12. The molecule has 0 saturated heterocycles. The number of aromatic nitrogens is 1. The van der Waals surface area contributed by atoms with Gasteiger partial charge in [0.1, 0.15) is 5.75 Å². The maximum atomic E-state index is 12.0. The molecule has 0 fully saturated rings. The maximum absolute atomic E-state index is 12.0. The first kappa shape index (κ1) is 19.5. The number of thiazole rings is 1. The van der Waals surface area contributed by atoms with Crippen molar-refractivity contribution in [2.45, 2.75) is 12.8 Å². The van der Waals surface area contributed by atoms with Crippen LogP contribution in [0.5, 0.6) is 5.75 Å². The van der Waals surface area contributed by atoms with E-state index in [9.17, 15) is 4.79 Å². The number of hydrogen-bond donors (Lipinski definition) is 1. The fourth-order valence-electron chi connectivity index (χ4n) is 2.09. The number of benzene rings is 1. The van der Waals surface area contributed by atoms with E-state index < -0.39 is 0 Å². The largest absolute Gasteiger partial charge is 0.492 e. The van der Waals surface area contributed by atoms with Crippen molar-refractivity contribution in [3.63, 3.8) is 0 Å². The number of ether oxygens (including phenoxy) is 1. The van der Waals surface area contributed by atoms with Crippen LogP contribution in [0.15, 0.2) is 35.7 Å². The molecule has 0 radical (unpaired) electrons. The molecule has 1 amide bonds. The minimum absolute atomic E-state index is 0.110. The van der Waals surface area contributed by atoms with Crippen LogP contribution < -0.4 is 10.1 Å². The van der Waals surface area contributed by atoms with Crippen LogP contribution in [-0.4, -0.2) is 17.5 Å². The molecule has 0 aliphatic carbocycles. The maximum Gasteiger partial charge on any atom is 0.226 e. The number of amides is 1. The van der Waals surface area contributed by atoms with Gasteiger partial charge in [0.2, 0.25) is 5.91 Å². The highest BCUT2D eigenvalue weighted by Crippen LogP contribution is 2.33. The van der Waals surface area contributed by atoms with Crippen molar-refractivity contribution < 1.29 is 9.53 Å². The van der Waals surface area contributed by atoms with Gasteiger partial charge in [-0.2, -0.15) is 0 Å². The summed E-state index contributed by atoms with van der Waals surface area (Å²) >= 11 is 20.6. The van der Waals surface area contributed by atoms with Crippen LogP contribution in [0.4, 0.5) is 5.13 Å². The second-order valence-electron chi connectivity index (χ2n) is 5.22. The summed E-state index contributed by atoms with van der Waals surface area (Å²) in [5.41, 5.74) is 0.808. The molecule has 2 heterocycles. The fourth-order valence-corrected chi connectivity index (χ4v) is 4.35. The van der Waals surface area contributed by atoms with Crippen molar-refractivity contribution in [2.75, 3.05) is 11.9 Å². The molecule has 4 nitrogen and oxygen atoms in total. The SMILES string of the molecule is O=C(CCCOc1ccc(Cl)cc1Cl)Nc1nc(-c2ccc(Cl)s2)cs1. The molecule has 26 heavy (non-hydrogen) atoms. The van der Waals surface area contributed by atoms with E-state index in [0.29, 0.717) is 44.7 Å². The fraction of sp³-hybridized carbons (Fsp3) is 0.176. The molecule has 0 aliphatic rings. The van der Waals surface area contributed by atoms with Gasteiger partial charge in [0.15, 0.2) is 5.13 Å². The Morgan fingerprint density at radius 3 is 2.77 bits per heavy atom. The van der Waals surface area contributed by atoms with E-state index in [1.165, 1.54) is 22.7 Å². The van der Waals surface area contributed by atoms with Crippen LogP contribution in [0.3, 0.4) is 0 Å². The number of nitrogens with one attached hydrogen (secondary N) is 1. The molecule has 0 spiro atoms. The van der Waals surface area contributed by atoms with Gasteiger partial charge in [-0.3, -0.25) is 4.79 Å². The lowest BCUT2D eigenvalue weighted by Gasteiger charge is -2.08. The van der Waals surface area contributed by atoms with E-state index in [4.69, 9.17) is 39.5 Å². The van der Waals surface area contributed by atoms with Gasteiger partial charge in [-0.1, -0.05) is 34.8 Å². The minimum atomic E-state index is -0.110. The molecule has 136 valence electrons. The van der Waals surface area contributed by atoms with Gasteiger partial charge in [-0.25, -0.2) is 4.98 Å². The number of rotatable bonds is 7.